The zero-order valence-corrected chi connectivity index (χ0v) is 18.8. The quantitative estimate of drug-likeness (QED) is 0.590. The maximum absolute atomic E-state index is 13.8. The van der Waals surface area contributed by atoms with Gasteiger partial charge < -0.3 is 4.90 Å². The lowest BCUT2D eigenvalue weighted by Gasteiger charge is -2.39. The molecule has 0 aromatic carbocycles. The monoisotopic (exact) mass is 433 g/mol. The molecule has 0 N–H and O–H groups in total. The van der Waals surface area contributed by atoms with Crippen LogP contribution in [0.4, 0.5) is 4.39 Å². The number of rotatable bonds is 5. The van der Waals surface area contributed by atoms with Crippen molar-refractivity contribution < 1.29 is 9.18 Å². The Bertz CT molecular complexity index is 1100. The third kappa shape index (κ3) is 4.82. The minimum atomic E-state index is -0.323. The van der Waals surface area contributed by atoms with E-state index in [4.69, 9.17) is 0 Å². The van der Waals surface area contributed by atoms with Crippen molar-refractivity contribution in [3.8, 4) is 11.4 Å². The van der Waals surface area contributed by atoms with E-state index in [1.54, 1.807) is 18.5 Å². The number of amides is 1. The summed E-state index contributed by atoms with van der Waals surface area (Å²) in [6, 6.07) is 7.09. The van der Waals surface area contributed by atoms with E-state index in [9.17, 15) is 9.18 Å². The Kier molecular flexibility index (Phi) is 6.53. The van der Waals surface area contributed by atoms with Crippen LogP contribution >= 0.6 is 0 Å². The van der Waals surface area contributed by atoms with E-state index in [1.165, 1.54) is 12.3 Å². The van der Waals surface area contributed by atoms with Crippen molar-refractivity contribution in [2.45, 2.75) is 52.5 Å². The second kappa shape index (κ2) is 9.51. The number of hydrogen-bond acceptors (Lipinski definition) is 5. The molecule has 0 aliphatic carbocycles. The van der Waals surface area contributed by atoms with Crippen molar-refractivity contribution in [3.05, 3.63) is 71.3 Å². The molecule has 3 aromatic rings. The predicted octanol–water partition coefficient (Wildman–Crippen LogP) is 4.56. The lowest BCUT2D eigenvalue weighted by Crippen LogP contribution is -2.47. The Balaban J connectivity index is 1.61. The molecule has 0 radical (unpaired) electrons. The molecule has 6 nitrogen and oxygen atoms in total. The van der Waals surface area contributed by atoms with Gasteiger partial charge in [0.25, 0.3) is 5.91 Å². The van der Waals surface area contributed by atoms with Gasteiger partial charge in [0.15, 0.2) is 5.82 Å². The summed E-state index contributed by atoms with van der Waals surface area (Å²) >= 11 is 0. The molecular weight excluding hydrogens is 405 g/mol. The number of carbonyl (C=O) groups is 1. The summed E-state index contributed by atoms with van der Waals surface area (Å²) in [6.07, 6.45) is 8.07. The number of carbonyl (C=O) groups excluding carboxylic acids is 1. The van der Waals surface area contributed by atoms with Gasteiger partial charge in [0, 0.05) is 36.4 Å². The van der Waals surface area contributed by atoms with E-state index in [1.807, 2.05) is 30.9 Å². The highest BCUT2D eigenvalue weighted by Gasteiger charge is 2.32. The van der Waals surface area contributed by atoms with Gasteiger partial charge in [0.2, 0.25) is 0 Å². The van der Waals surface area contributed by atoms with E-state index in [2.05, 4.69) is 26.9 Å². The molecular formula is C25H28FN5O. The first-order valence-corrected chi connectivity index (χ1v) is 11.1. The maximum Gasteiger partial charge on any atom is 0.273 e. The molecule has 0 unspecified atom stereocenters. The Morgan fingerprint density at radius 3 is 2.69 bits per heavy atom. The SMILES string of the molecule is Cc1ccc(-c2ncccn2)c(C(=O)N2C[C@@H](C)CC[C@H]2CCc2ncc(F)cc2C)n1. The first-order valence-electron chi connectivity index (χ1n) is 11.1. The van der Waals surface area contributed by atoms with Gasteiger partial charge in [0.1, 0.15) is 11.5 Å². The van der Waals surface area contributed by atoms with Crippen LogP contribution in [0.5, 0.6) is 0 Å². The molecule has 0 saturated carbocycles. The van der Waals surface area contributed by atoms with E-state index in [0.29, 0.717) is 36.0 Å². The molecule has 0 bridgehead atoms. The molecule has 1 aliphatic rings. The normalized spacial score (nSPS) is 18.6. The number of pyridine rings is 2. The topological polar surface area (TPSA) is 71.9 Å². The smallest absolute Gasteiger partial charge is 0.273 e. The number of halogens is 1. The van der Waals surface area contributed by atoms with Crippen molar-refractivity contribution in [1.82, 2.24) is 24.8 Å². The number of aryl methyl sites for hydroxylation is 3. The highest BCUT2D eigenvalue weighted by atomic mass is 19.1. The van der Waals surface area contributed by atoms with Crippen LogP contribution in [0, 0.1) is 25.6 Å². The minimum absolute atomic E-state index is 0.0804. The minimum Gasteiger partial charge on any atom is -0.334 e. The fourth-order valence-corrected chi connectivity index (χ4v) is 4.37. The number of hydrogen-bond donors (Lipinski definition) is 0. The zero-order valence-electron chi connectivity index (χ0n) is 18.8. The van der Waals surface area contributed by atoms with E-state index >= 15 is 0 Å². The summed E-state index contributed by atoms with van der Waals surface area (Å²) in [5, 5.41) is 0. The van der Waals surface area contributed by atoms with Crippen LogP contribution in [-0.2, 0) is 6.42 Å². The number of likely N-dealkylation sites (tertiary alicyclic amines) is 1. The summed E-state index contributed by atoms with van der Waals surface area (Å²) in [4.78, 5) is 33.3. The van der Waals surface area contributed by atoms with Gasteiger partial charge in [0.05, 0.1) is 11.8 Å². The van der Waals surface area contributed by atoms with Crippen LogP contribution in [0.1, 0.15) is 53.6 Å². The lowest BCUT2D eigenvalue weighted by molar-refractivity contribution is 0.0527. The molecule has 1 amide bonds. The maximum atomic E-state index is 13.8. The Labute approximate surface area is 188 Å². The average Bonchev–Trinajstić information content (AvgIpc) is 2.79. The molecule has 4 heterocycles. The largest absolute Gasteiger partial charge is 0.334 e. The highest BCUT2D eigenvalue weighted by molar-refractivity contribution is 5.98. The van der Waals surface area contributed by atoms with Crippen molar-refractivity contribution >= 4 is 5.91 Å². The summed E-state index contributed by atoms with van der Waals surface area (Å²) in [5.41, 5.74) is 3.54. The van der Waals surface area contributed by atoms with Crippen LogP contribution in [0.3, 0.4) is 0 Å². The van der Waals surface area contributed by atoms with Gasteiger partial charge in [-0.1, -0.05) is 6.92 Å². The average molecular weight is 434 g/mol. The summed E-state index contributed by atoms with van der Waals surface area (Å²) in [7, 11) is 0. The first-order chi connectivity index (χ1) is 15.4. The van der Waals surface area contributed by atoms with Gasteiger partial charge in [-0.25, -0.2) is 19.3 Å². The number of nitrogens with zero attached hydrogens (tertiary/aromatic N) is 5. The third-order valence-electron chi connectivity index (χ3n) is 6.11. The highest BCUT2D eigenvalue weighted by Crippen LogP contribution is 2.29. The van der Waals surface area contributed by atoms with E-state index in [-0.39, 0.29) is 17.8 Å². The molecule has 0 spiro atoms. The number of aromatic nitrogens is 4. The second-order valence-electron chi connectivity index (χ2n) is 8.67. The van der Waals surface area contributed by atoms with Gasteiger partial charge in [-0.15, -0.1) is 0 Å². The molecule has 2 atom stereocenters. The lowest BCUT2D eigenvalue weighted by atomic mass is 9.90. The zero-order chi connectivity index (χ0) is 22.7. The molecule has 1 saturated heterocycles. The Morgan fingerprint density at radius 1 is 1.16 bits per heavy atom. The van der Waals surface area contributed by atoms with Crippen molar-refractivity contribution in [2.24, 2.45) is 5.92 Å². The molecule has 32 heavy (non-hydrogen) atoms. The van der Waals surface area contributed by atoms with Crippen LogP contribution in [0.2, 0.25) is 0 Å². The first kappa shape index (κ1) is 22.0. The van der Waals surface area contributed by atoms with Crippen LogP contribution in [0.25, 0.3) is 11.4 Å². The molecule has 3 aromatic heterocycles. The Hall–Kier alpha value is -3.22. The van der Waals surface area contributed by atoms with Crippen LogP contribution < -0.4 is 0 Å². The number of piperidine rings is 1. The second-order valence-corrected chi connectivity index (χ2v) is 8.67. The summed E-state index contributed by atoms with van der Waals surface area (Å²) in [6.45, 7) is 6.61. The van der Waals surface area contributed by atoms with Crippen molar-refractivity contribution in [2.75, 3.05) is 6.54 Å². The standard InChI is InChI=1S/C25H28FN5O/c1-16-5-7-20(8-10-22-17(2)13-19(26)14-29-22)31(15-16)25(32)23-21(9-6-18(3)30-23)24-27-11-4-12-28-24/h4,6,9,11-14,16,20H,5,7-8,10,15H2,1-3H3/t16-,20-/m0/s1. The van der Waals surface area contributed by atoms with Gasteiger partial charge in [-0.05, 0) is 75.3 Å². The van der Waals surface area contributed by atoms with Crippen molar-refractivity contribution in [1.29, 1.82) is 0 Å². The fourth-order valence-electron chi connectivity index (χ4n) is 4.37. The van der Waals surface area contributed by atoms with Gasteiger partial charge in [-0.2, -0.15) is 0 Å². The van der Waals surface area contributed by atoms with E-state index < -0.39 is 0 Å². The molecule has 4 rings (SSSR count). The fraction of sp³-hybridized carbons (Fsp3) is 0.400. The molecule has 7 heteroatoms. The molecule has 1 aliphatic heterocycles. The van der Waals surface area contributed by atoms with Crippen LogP contribution in [-0.4, -0.2) is 43.3 Å². The molecule has 166 valence electrons. The van der Waals surface area contributed by atoms with Crippen LogP contribution in [0.15, 0.2) is 42.9 Å². The van der Waals surface area contributed by atoms with Gasteiger partial charge in [-0.3, -0.25) is 9.78 Å². The Morgan fingerprint density at radius 2 is 1.94 bits per heavy atom. The molecule has 1 fully saturated rings. The predicted molar refractivity (Wildman–Crippen MR) is 120 cm³/mol. The summed E-state index contributed by atoms with van der Waals surface area (Å²) in [5.74, 6) is 0.505. The van der Waals surface area contributed by atoms with Gasteiger partial charge >= 0.3 is 0 Å². The third-order valence-corrected chi connectivity index (χ3v) is 6.11. The van der Waals surface area contributed by atoms with Crippen molar-refractivity contribution in [3.63, 3.8) is 0 Å². The summed E-state index contributed by atoms with van der Waals surface area (Å²) < 4.78 is 13.4. The van der Waals surface area contributed by atoms with E-state index in [0.717, 1.165) is 36.2 Å².